The molecular weight excluding hydrogens is 212 g/mol. The predicted molar refractivity (Wildman–Crippen MR) is 60.7 cm³/mol. The van der Waals surface area contributed by atoms with E-state index in [9.17, 15) is 4.79 Å². The van der Waals surface area contributed by atoms with E-state index < -0.39 is 0 Å². The number of rotatable bonds is 4. The first-order chi connectivity index (χ1) is 7.15. The number of amides is 1. The van der Waals surface area contributed by atoms with Crippen LogP contribution in [0.1, 0.15) is 18.2 Å². The molecule has 0 saturated carbocycles. The van der Waals surface area contributed by atoms with Crippen molar-refractivity contribution in [1.82, 2.24) is 10.3 Å². The van der Waals surface area contributed by atoms with Crippen LogP contribution in [0.15, 0.2) is 18.3 Å². The van der Waals surface area contributed by atoms with Crippen LogP contribution in [0.4, 0.5) is 0 Å². The average Bonchev–Trinajstić information content (AvgIpc) is 2.26. The molecule has 0 radical (unpaired) electrons. The normalized spacial score (nSPS) is 12.2. The van der Waals surface area contributed by atoms with Crippen LogP contribution in [0, 0.1) is 12.8 Å². The van der Waals surface area contributed by atoms with Crippen LogP contribution in [0.2, 0.25) is 0 Å². The molecule has 0 aliphatic heterocycles. The maximum absolute atomic E-state index is 11.4. The molecule has 1 aromatic heterocycles. The molecule has 1 rings (SSSR count). The van der Waals surface area contributed by atoms with Gasteiger partial charge in [-0.3, -0.25) is 9.78 Å². The molecule has 3 nitrogen and oxygen atoms in total. The second-order valence-electron chi connectivity index (χ2n) is 3.54. The SMILES string of the molecule is Cc1cccnc1CNC(=O)C(C)CCl. The Morgan fingerprint density at radius 3 is 3.00 bits per heavy atom. The zero-order valence-electron chi connectivity index (χ0n) is 8.96. The monoisotopic (exact) mass is 226 g/mol. The number of nitrogens with zero attached hydrogens (tertiary/aromatic N) is 1. The third kappa shape index (κ3) is 3.51. The van der Waals surface area contributed by atoms with E-state index >= 15 is 0 Å². The minimum atomic E-state index is -0.157. The van der Waals surface area contributed by atoms with Gasteiger partial charge in [-0.05, 0) is 18.6 Å². The Kier molecular flexibility index (Phi) is 4.56. The van der Waals surface area contributed by atoms with Crippen molar-refractivity contribution >= 4 is 17.5 Å². The highest BCUT2D eigenvalue weighted by Crippen LogP contribution is 2.03. The predicted octanol–water partition coefficient (Wildman–Crippen LogP) is 1.88. The van der Waals surface area contributed by atoms with Crippen molar-refractivity contribution in [2.24, 2.45) is 5.92 Å². The number of pyridine rings is 1. The summed E-state index contributed by atoms with van der Waals surface area (Å²) in [4.78, 5) is 15.6. The average molecular weight is 227 g/mol. The number of carbonyl (C=O) groups is 1. The van der Waals surface area contributed by atoms with E-state index in [-0.39, 0.29) is 11.8 Å². The van der Waals surface area contributed by atoms with Crippen molar-refractivity contribution in [1.29, 1.82) is 0 Å². The molecule has 0 aliphatic carbocycles. The zero-order chi connectivity index (χ0) is 11.3. The summed E-state index contributed by atoms with van der Waals surface area (Å²) in [6.45, 7) is 4.24. The molecule has 1 atom stereocenters. The van der Waals surface area contributed by atoms with E-state index in [1.807, 2.05) is 19.1 Å². The molecule has 1 N–H and O–H groups in total. The Morgan fingerprint density at radius 2 is 2.40 bits per heavy atom. The summed E-state index contributed by atoms with van der Waals surface area (Å²) in [5, 5.41) is 2.80. The third-order valence-corrected chi connectivity index (χ3v) is 2.69. The maximum Gasteiger partial charge on any atom is 0.224 e. The lowest BCUT2D eigenvalue weighted by molar-refractivity contribution is -0.124. The number of carbonyl (C=O) groups excluding carboxylic acids is 1. The van der Waals surface area contributed by atoms with Gasteiger partial charge in [0.15, 0.2) is 0 Å². The van der Waals surface area contributed by atoms with Crippen LogP contribution in [0.3, 0.4) is 0 Å². The van der Waals surface area contributed by atoms with E-state index in [0.29, 0.717) is 12.4 Å². The van der Waals surface area contributed by atoms with Crippen LogP contribution >= 0.6 is 11.6 Å². The molecule has 0 aliphatic rings. The highest BCUT2D eigenvalue weighted by Gasteiger charge is 2.11. The highest BCUT2D eigenvalue weighted by atomic mass is 35.5. The lowest BCUT2D eigenvalue weighted by Gasteiger charge is -2.09. The van der Waals surface area contributed by atoms with Crippen LogP contribution in [0.25, 0.3) is 0 Å². The molecule has 0 fully saturated rings. The Bertz CT molecular complexity index is 341. The van der Waals surface area contributed by atoms with Gasteiger partial charge in [0.2, 0.25) is 5.91 Å². The summed E-state index contributed by atoms with van der Waals surface area (Å²) >= 11 is 5.58. The van der Waals surface area contributed by atoms with Gasteiger partial charge in [0, 0.05) is 18.0 Å². The number of hydrogen-bond acceptors (Lipinski definition) is 2. The summed E-state index contributed by atoms with van der Waals surface area (Å²) in [5.41, 5.74) is 1.98. The molecule has 0 spiro atoms. The number of aromatic nitrogens is 1. The summed E-state index contributed by atoms with van der Waals surface area (Å²) in [6, 6.07) is 3.85. The van der Waals surface area contributed by atoms with Crippen LogP contribution in [-0.2, 0) is 11.3 Å². The fourth-order valence-electron chi connectivity index (χ4n) is 1.12. The first kappa shape index (κ1) is 12.0. The largest absolute Gasteiger partial charge is 0.350 e. The Balaban J connectivity index is 2.51. The first-order valence-corrected chi connectivity index (χ1v) is 5.42. The van der Waals surface area contributed by atoms with Gasteiger partial charge in [-0.2, -0.15) is 0 Å². The van der Waals surface area contributed by atoms with Gasteiger partial charge in [0.05, 0.1) is 12.2 Å². The molecule has 82 valence electrons. The van der Waals surface area contributed by atoms with Crippen molar-refractivity contribution in [2.75, 3.05) is 5.88 Å². The third-order valence-electron chi connectivity index (χ3n) is 2.23. The van der Waals surface area contributed by atoms with Gasteiger partial charge >= 0.3 is 0 Å². The van der Waals surface area contributed by atoms with Crippen LogP contribution in [0.5, 0.6) is 0 Å². The van der Waals surface area contributed by atoms with E-state index in [0.717, 1.165) is 11.3 Å². The van der Waals surface area contributed by atoms with Gasteiger partial charge in [-0.15, -0.1) is 11.6 Å². The van der Waals surface area contributed by atoms with E-state index in [1.54, 1.807) is 13.1 Å². The minimum Gasteiger partial charge on any atom is -0.350 e. The lowest BCUT2D eigenvalue weighted by Crippen LogP contribution is -2.30. The number of hydrogen-bond donors (Lipinski definition) is 1. The number of halogens is 1. The lowest BCUT2D eigenvalue weighted by atomic mass is 10.2. The molecule has 0 bridgehead atoms. The highest BCUT2D eigenvalue weighted by molar-refractivity contribution is 6.19. The van der Waals surface area contributed by atoms with Crippen molar-refractivity contribution in [3.05, 3.63) is 29.6 Å². The quantitative estimate of drug-likeness (QED) is 0.797. The second kappa shape index (κ2) is 5.71. The van der Waals surface area contributed by atoms with Gasteiger partial charge < -0.3 is 5.32 Å². The fraction of sp³-hybridized carbons (Fsp3) is 0.455. The topological polar surface area (TPSA) is 42.0 Å². The summed E-state index contributed by atoms with van der Waals surface area (Å²) in [6.07, 6.45) is 1.72. The van der Waals surface area contributed by atoms with Gasteiger partial charge in [-0.1, -0.05) is 13.0 Å². The summed E-state index contributed by atoms with van der Waals surface area (Å²) in [5.74, 6) is 0.151. The summed E-state index contributed by atoms with van der Waals surface area (Å²) < 4.78 is 0. The molecular formula is C11H15ClN2O. The van der Waals surface area contributed by atoms with E-state index in [1.165, 1.54) is 0 Å². The van der Waals surface area contributed by atoms with E-state index in [2.05, 4.69) is 10.3 Å². The Labute approximate surface area is 94.9 Å². The molecule has 0 aromatic carbocycles. The van der Waals surface area contributed by atoms with Crippen LogP contribution in [-0.4, -0.2) is 16.8 Å². The number of aryl methyl sites for hydroxylation is 1. The zero-order valence-corrected chi connectivity index (χ0v) is 9.71. The molecule has 4 heteroatoms. The molecule has 1 amide bonds. The van der Waals surface area contributed by atoms with Gasteiger partial charge in [-0.25, -0.2) is 0 Å². The number of nitrogens with one attached hydrogen (secondary N) is 1. The minimum absolute atomic E-state index is 0.0324. The Morgan fingerprint density at radius 1 is 1.67 bits per heavy atom. The fourth-order valence-corrected chi connectivity index (χ4v) is 1.26. The smallest absolute Gasteiger partial charge is 0.224 e. The van der Waals surface area contributed by atoms with Crippen molar-refractivity contribution in [3.8, 4) is 0 Å². The standard InChI is InChI=1S/C11H15ClN2O/c1-8-4-3-5-13-10(8)7-14-11(15)9(2)6-12/h3-5,9H,6-7H2,1-2H3,(H,14,15). The van der Waals surface area contributed by atoms with Crippen molar-refractivity contribution < 1.29 is 4.79 Å². The molecule has 15 heavy (non-hydrogen) atoms. The van der Waals surface area contributed by atoms with Crippen LogP contribution < -0.4 is 5.32 Å². The molecule has 1 unspecified atom stereocenters. The van der Waals surface area contributed by atoms with Crippen molar-refractivity contribution in [2.45, 2.75) is 20.4 Å². The molecule has 1 heterocycles. The molecule has 1 aromatic rings. The van der Waals surface area contributed by atoms with Gasteiger partial charge in [0.1, 0.15) is 0 Å². The van der Waals surface area contributed by atoms with Gasteiger partial charge in [0.25, 0.3) is 0 Å². The Hall–Kier alpha value is -1.09. The van der Waals surface area contributed by atoms with E-state index in [4.69, 9.17) is 11.6 Å². The van der Waals surface area contributed by atoms with Crippen molar-refractivity contribution in [3.63, 3.8) is 0 Å². The maximum atomic E-state index is 11.4. The molecule has 0 saturated heterocycles. The second-order valence-corrected chi connectivity index (χ2v) is 3.85. The number of alkyl halides is 1. The summed E-state index contributed by atoms with van der Waals surface area (Å²) in [7, 11) is 0. The first-order valence-electron chi connectivity index (χ1n) is 4.89.